The molecule has 0 unspecified atom stereocenters. The second-order valence-corrected chi connectivity index (χ2v) is 8.37. The molecular weight excluding hydrogens is 348 g/mol. The van der Waals surface area contributed by atoms with Gasteiger partial charge in [0.25, 0.3) is 10.0 Å². The molecule has 2 aromatic carbocycles. The fraction of sp³-hybridized carbons (Fsp3) is 0.400. The van der Waals surface area contributed by atoms with E-state index in [1.807, 2.05) is 31.2 Å². The fourth-order valence-corrected chi connectivity index (χ4v) is 4.75. The SMILES string of the molecule is COc1ccc(S(=O)(=O)Nc2ccc(N3CCCCC3)cc2)c(C)c1C. The molecule has 140 valence electrons. The zero-order chi connectivity index (χ0) is 18.7. The minimum absolute atomic E-state index is 0.274. The molecule has 1 saturated heterocycles. The topological polar surface area (TPSA) is 58.6 Å². The molecule has 0 aromatic heterocycles. The summed E-state index contributed by atoms with van der Waals surface area (Å²) in [4.78, 5) is 2.62. The number of benzene rings is 2. The van der Waals surface area contributed by atoms with Gasteiger partial charge in [0, 0.05) is 24.5 Å². The van der Waals surface area contributed by atoms with Crippen molar-refractivity contribution in [3.8, 4) is 5.75 Å². The number of hydrogen-bond donors (Lipinski definition) is 1. The van der Waals surface area contributed by atoms with E-state index < -0.39 is 10.0 Å². The summed E-state index contributed by atoms with van der Waals surface area (Å²) in [6.45, 7) is 5.79. The predicted molar refractivity (Wildman–Crippen MR) is 106 cm³/mol. The molecule has 0 radical (unpaired) electrons. The summed E-state index contributed by atoms with van der Waals surface area (Å²) in [5.74, 6) is 0.687. The second-order valence-electron chi connectivity index (χ2n) is 6.72. The van der Waals surface area contributed by atoms with Gasteiger partial charge < -0.3 is 9.64 Å². The van der Waals surface area contributed by atoms with E-state index in [-0.39, 0.29) is 4.90 Å². The Morgan fingerprint density at radius 3 is 2.19 bits per heavy atom. The minimum atomic E-state index is -3.65. The summed E-state index contributed by atoms with van der Waals surface area (Å²) in [7, 11) is -2.07. The van der Waals surface area contributed by atoms with Crippen LogP contribution in [0.1, 0.15) is 30.4 Å². The van der Waals surface area contributed by atoms with E-state index >= 15 is 0 Å². The Morgan fingerprint density at radius 2 is 1.58 bits per heavy atom. The van der Waals surface area contributed by atoms with Crippen LogP contribution < -0.4 is 14.4 Å². The van der Waals surface area contributed by atoms with Gasteiger partial charge in [0.15, 0.2) is 0 Å². The monoisotopic (exact) mass is 374 g/mol. The highest BCUT2D eigenvalue weighted by Crippen LogP contribution is 2.29. The number of methoxy groups -OCH3 is 1. The number of piperidine rings is 1. The van der Waals surface area contributed by atoms with E-state index in [1.165, 1.54) is 19.3 Å². The average molecular weight is 375 g/mol. The molecule has 1 N–H and O–H groups in total. The van der Waals surface area contributed by atoms with E-state index in [0.29, 0.717) is 17.0 Å². The lowest BCUT2D eigenvalue weighted by molar-refractivity contribution is 0.411. The highest BCUT2D eigenvalue weighted by molar-refractivity contribution is 7.92. The van der Waals surface area contributed by atoms with Gasteiger partial charge in [0.05, 0.1) is 12.0 Å². The zero-order valence-corrected chi connectivity index (χ0v) is 16.4. The maximum Gasteiger partial charge on any atom is 0.262 e. The Morgan fingerprint density at radius 1 is 0.923 bits per heavy atom. The lowest BCUT2D eigenvalue weighted by Crippen LogP contribution is -2.29. The molecule has 0 bridgehead atoms. The molecule has 5 nitrogen and oxygen atoms in total. The van der Waals surface area contributed by atoms with Gasteiger partial charge in [0.2, 0.25) is 0 Å². The number of sulfonamides is 1. The van der Waals surface area contributed by atoms with Crippen LogP contribution in [0.5, 0.6) is 5.75 Å². The first-order valence-electron chi connectivity index (χ1n) is 8.94. The number of nitrogens with one attached hydrogen (secondary N) is 1. The molecule has 6 heteroatoms. The van der Waals surface area contributed by atoms with Gasteiger partial charge in [-0.25, -0.2) is 8.42 Å². The third-order valence-corrected chi connectivity index (χ3v) is 6.56. The van der Waals surface area contributed by atoms with Crippen LogP contribution in [0.4, 0.5) is 11.4 Å². The third kappa shape index (κ3) is 3.80. The fourth-order valence-electron chi connectivity index (χ4n) is 3.39. The van der Waals surface area contributed by atoms with Crippen LogP contribution >= 0.6 is 0 Å². The third-order valence-electron chi connectivity index (χ3n) is 5.04. The van der Waals surface area contributed by atoms with Crippen molar-refractivity contribution in [3.05, 3.63) is 47.5 Å². The molecule has 0 amide bonds. The molecule has 2 aromatic rings. The van der Waals surface area contributed by atoms with Crippen molar-refractivity contribution < 1.29 is 13.2 Å². The summed E-state index contributed by atoms with van der Waals surface area (Å²) in [6.07, 6.45) is 3.71. The number of hydrogen-bond acceptors (Lipinski definition) is 4. The highest BCUT2D eigenvalue weighted by atomic mass is 32.2. The van der Waals surface area contributed by atoms with Crippen LogP contribution in [-0.2, 0) is 10.0 Å². The summed E-state index contributed by atoms with van der Waals surface area (Å²) in [5.41, 5.74) is 3.24. The van der Waals surface area contributed by atoms with E-state index in [9.17, 15) is 8.42 Å². The molecule has 1 heterocycles. The van der Waals surface area contributed by atoms with Crippen molar-refractivity contribution in [2.45, 2.75) is 38.0 Å². The lowest BCUT2D eigenvalue weighted by Gasteiger charge is -2.28. The van der Waals surface area contributed by atoms with E-state index in [2.05, 4.69) is 9.62 Å². The Balaban J connectivity index is 1.80. The number of ether oxygens (including phenoxy) is 1. The van der Waals surface area contributed by atoms with Crippen molar-refractivity contribution in [1.29, 1.82) is 0 Å². The summed E-state index contributed by atoms with van der Waals surface area (Å²) >= 11 is 0. The summed E-state index contributed by atoms with van der Waals surface area (Å²) in [5, 5.41) is 0. The predicted octanol–water partition coefficient (Wildman–Crippen LogP) is 4.10. The van der Waals surface area contributed by atoms with Crippen LogP contribution in [0.2, 0.25) is 0 Å². The molecule has 0 saturated carbocycles. The molecule has 26 heavy (non-hydrogen) atoms. The van der Waals surface area contributed by atoms with Crippen LogP contribution in [-0.4, -0.2) is 28.6 Å². The maximum absolute atomic E-state index is 12.8. The van der Waals surface area contributed by atoms with Gasteiger partial charge in [-0.3, -0.25) is 4.72 Å². The van der Waals surface area contributed by atoms with E-state index in [1.54, 1.807) is 26.2 Å². The molecule has 0 atom stereocenters. The molecule has 3 rings (SSSR count). The van der Waals surface area contributed by atoms with Crippen molar-refractivity contribution in [3.63, 3.8) is 0 Å². The van der Waals surface area contributed by atoms with Gasteiger partial charge in [-0.2, -0.15) is 0 Å². The average Bonchev–Trinajstić information content (AvgIpc) is 2.65. The Hall–Kier alpha value is -2.21. The first-order valence-corrected chi connectivity index (χ1v) is 10.4. The van der Waals surface area contributed by atoms with Crippen LogP contribution in [0.3, 0.4) is 0 Å². The van der Waals surface area contributed by atoms with Gasteiger partial charge in [0.1, 0.15) is 5.75 Å². The maximum atomic E-state index is 12.8. The van der Waals surface area contributed by atoms with Crippen LogP contribution in [0.15, 0.2) is 41.3 Å². The Labute approximate surface area is 156 Å². The van der Waals surface area contributed by atoms with Crippen molar-refractivity contribution >= 4 is 21.4 Å². The summed E-state index contributed by atoms with van der Waals surface area (Å²) in [6, 6.07) is 10.9. The zero-order valence-electron chi connectivity index (χ0n) is 15.6. The van der Waals surface area contributed by atoms with Gasteiger partial charge in [-0.05, 0) is 80.6 Å². The molecule has 0 spiro atoms. The Bertz CT molecular complexity index is 871. The van der Waals surface area contributed by atoms with E-state index in [4.69, 9.17) is 4.74 Å². The largest absolute Gasteiger partial charge is 0.496 e. The van der Waals surface area contributed by atoms with Crippen LogP contribution in [0, 0.1) is 13.8 Å². The lowest BCUT2D eigenvalue weighted by atomic mass is 10.1. The standard InChI is InChI=1S/C20H26N2O3S/c1-15-16(2)20(12-11-19(15)25-3)26(23,24)21-17-7-9-18(10-8-17)22-13-5-4-6-14-22/h7-12,21H,4-6,13-14H2,1-3H3. The Kier molecular flexibility index (Phi) is 5.41. The van der Waals surface area contributed by atoms with Crippen LogP contribution in [0.25, 0.3) is 0 Å². The van der Waals surface area contributed by atoms with E-state index in [0.717, 1.165) is 24.3 Å². The highest BCUT2D eigenvalue weighted by Gasteiger charge is 2.20. The van der Waals surface area contributed by atoms with Crippen molar-refractivity contribution in [2.75, 3.05) is 29.8 Å². The molecular formula is C20H26N2O3S. The first kappa shape index (κ1) is 18.6. The number of rotatable bonds is 5. The first-order chi connectivity index (χ1) is 12.4. The molecule has 1 aliphatic rings. The number of anilines is 2. The minimum Gasteiger partial charge on any atom is -0.496 e. The normalized spacial score (nSPS) is 15.0. The van der Waals surface area contributed by atoms with Crippen molar-refractivity contribution in [2.24, 2.45) is 0 Å². The second kappa shape index (κ2) is 7.58. The molecule has 1 aliphatic heterocycles. The molecule has 0 aliphatic carbocycles. The van der Waals surface area contributed by atoms with Crippen molar-refractivity contribution in [1.82, 2.24) is 0 Å². The quantitative estimate of drug-likeness (QED) is 0.856. The smallest absolute Gasteiger partial charge is 0.262 e. The number of nitrogens with zero attached hydrogens (tertiary/aromatic N) is 1. The summed E-state index contributed by atoms with van der Waals surface area (Å²) < 4.78 is 33.5. The van der Waals surface area contributed by atoms with Gasteiger partial charge in [-0.1, -0.05) is 0 Å². The van der Waals surface area contributed by atoms with Gasteiger partial charge in [-0.15, -0.1) is 0 Å². The molecule has 1 fully saturated rings. The van der Waals surface area contributed by atoms with Gasteiger partial charge >= 0.3 is 0 Å².